The lowest BCUT2D eigenvalue weighted by Gasteiger charge is -2.37. The first-order chi connectivity index (χ1) is 14.2. The van der Waals surface area contributed by atoms with Gasteiger partial charge in [0.05, 0.1) is 70.3 Å². The minimum absolute atomic E-state index is 0.301. The average Bonchev–Trinajstić information content (AvgIpc) is 3.11. The van der Waals surface area contributed by atoms with Crippen LogP contribution in [-0.4, -0.2) is 115 Å². The van der Waals surface area contributed by atoms with Crippen LogP contribution in [-0.2, 0) is 42.8 Å². The number of likely N-dealkylation sites (tertiary alicyclic amines) is 1. The number of nitrogens with zero attached hydrogens (tertiary/aromatic N) is 4. The van der Waals surface area contributed by atoms with Crippen LogP contribution in [0.1, 0.15) is 5.69 Å². The van der Waals surface area contributed by atoms with E-state index in [1.807, 2.05) is 13.2 Å². The van der Waals surface area contributed by atoms with Crippen molar-refractivity contribution < 1.29 is 23.2 Å². The summed E-state index contributed by atoms with van der Waals surface area (Å²) in [7, 11) is 1.16. The summed E-state index contributed by atoms with van der Waals surface area (Å²) >= 11 is 0. The molecule has 0 amide bonds. The van der Waals surface area contributed by atoms with Crippen LogP contribution in [0.2, 0.25) is 0 Å². The van der Waals surface area contributed by atoms with Gasteiger partial charge in [-0.05, 0) is 7.05 Å². The first-order valence-corrected chi connectivity index (χ1v) is 11.7. The molecule has 0 aliphatic carbocycles. The van der Waals surface area contributed by atoms with Gasteiger partial charge in [-0.3, -0.25) is 9.11 Å². The Kier molecular flexibility index (Phi) is 12.5. The van der Waals surface area contributed by atoms with Gasteiger partial charge in [-0.25, -0.2) is 4.68 Å². The van der Waals surface area contributed by atoms with Crippen molar-refractivity contribution in [2.24, 2.45) is 0 Å². The van der Waals surface area contributed by atoms with Crippen molar-refractivity contribution in [2.75, 3.05) is 85.8 Å². The predicted molar refractivity (Wildman–Crippen MR) is 110 cm³/mol. The highest BCUT2D eigenvalue weighted by atomic mass is 32.2. The Morgan fingerprint density at radius 2 is 1.62 bits per heavy atom. The van der Waals surface area contributed by atoms with Crippen LogP contribution in [0.25, 0.3) is 0 Å². The van der Waals surface area contributed by atoms with Crippen LogP contribution in [0.4, 0.5) is 0 Å². The van der Waals surface area contributed by atoms with Gasteiger partial charge >= 0.3 is 0 Å². The zero-order valence-corrected chi connectivity index (χ0v) is 18.4. The lowest BCUT2D eigenvalue weighted by atomic mass is 10.2. The summed E-state index contributed by atoms with van der Waals surface area (Å²) in [5, 5.41) is 11.6. The Morgan fingerprint density at radius 3 is 2.21 bits per heavy atom. The van der Waals surface area contributed by atoms with Crippen molar-refractivity contribution in [3.8, 4) is 0 Å². The molecule has 0 aromatic carbocycles. The largest absolute Gasteiger partial charge is 0.378 e. The highest BCUT2D eigenvalue weighted by Gasteiger charge is 2.29. The van der Waals surface area contributed by atoms with Gasteiger partial charge in [-0.15, -0.1) is 5.10 Å². The van der Waals surface area contributed by atoms with Gasteiger partial charge in [0.25, 0.3) is 0 Å². The quantitative estimate of drug-likeness (QED) is 0.296. The van der Waals surface area contributed by atoms with Gasteiger partial charge in [0.15, 0.2) is 0 Å². The number of rotatable bonds is 18. The Hall–Kier alpha value is -0.950. The highest BCUT2D eigenvalue weighted by molar-refractivity contribution is 7.85. The van der Waals surface area contributed by atoms with Crippen molar-refractivity contribution in [2.45, 2.75) is 18.3 Å². The summed E-state index contributed by atoms with van der Waals surface area (Å²) < 4.78 is 34.9. The lowest BCUT2D eigenvalue weighted by Crippen LogP contribution is -2.51. The maximum atomic E-state index is 11.4. The van der Waals surface area contributed by atoms with Crippen molar-refractivity contribution in [1.29, 1.82) is 0 Å². The molecule has 168 valence electrons. The van der Waals surface area contributed by atoms with Gasteiger partial charge in [0, 0.05) is 49.4 Å². The van der Waals surface area contributed by atoms with E-state index in [-0.39, 0.29) is 0 Å². The SMILES string of the molecule is CNCCOCCOCCOCCOCCn1cc(CN2CC(S(C)=O)C2)nn1. The third-order valence-electron chi connectivity index (χ3n) is 4.44. The molecule has 1 aliphatic heterocycles. The molecule has 0 spiro atoms. The molecule has 10 nitrogen and oxygen atoms in total. The zero-order chi connectivity index (χ0) is 20.7. The number of aromatic nitrogens is 3. The molecule has 1 aromatic heterocycles. The smallest absolute Gasteiger partial charge is 0.0967 e. The van der Waals surface area contributed by atoms with Crippen molar-refractivity contribution in [1.82, 2.24) is 25.2 Å². The standard InChI is InChI=1S/C18H35N5O5S/c1-19-3-5-25-7-9-27-11-12-28-10-8-26-6-4-23-14-17(20-21-23)13-22-15-18(16-22)29(2)24/h14,18-19H,3-13,15-16H2,1-2H3. The highest BCUT2D eigenvalue weighted by Crippen LogP contribution is 2.15. The van der Waals surface area contributed by atoms with E-state index in [1.54, 1.807) is 10.9 Å². The minimum atomic E-state index is -0.733. The Morgan fingerprint density at radius 1 is 1.03 bits per heavy atom. The Bertz CT molecular complexity index is 571. The molecule has 1 N–H and O–H groups in total. The first-order valence-electron chi connectivity index (χ1n) is 10.1. The van der Waals surface area contributed by atoms with Crippen molar-refractivity contribution in [3.05, 3.63) is 11.9 Å². The fraction of sp³-hybridized carbons (Fsp3) is 0.889. The molecular formula is C18H35N5O5S. The van der Waals surface area contributed by atoms with Crippen molar-refractivity contribution >= 4 is 10.8 Å². The molecule has 2 heterocycles. The number of nitrogens with one attached hydrogen (secondary N) is 1. The summed E-state index contributed by atoms with van der Waals surface area (Å²) in [6.45, 7) is 8.64. The molecule has 1 atom stereocenters. The van der Waals surface area contributed by atoms with E-state index in [0.29, 0.717) is 64.6 Å². The monoisotopic (exact) mass is 433 g/mol. The summed E-state index contributed by atoms with van der Waals surface area (Å²) in [6.07, 6.45) is 3.71. The van der Waals surface area contributed by atoms with Crippen LogP contribution in [0.3, 0.4) is 0 Å². The normalized spacial score (nSPS) is 16.2. The second-order valence-electron chi connectivity index (χ2n) is 6.84. The van der Waals surface area contributed by atoms with Gasteiger partial charge in [0.1, 0.15) is 0 Å². The van der Waals surface area contributed by atoms with Crippen LogP contribution in [0, 0.1) is 0 Å². The Labute approximate surface area is 175 Å². The van der Waals surface area contributed by atoms with E-state index in [1.165, 1.54) is 0 Å². The van der Waals surface area contributed by atoms with E-state index in [0.717, 1.165) is 31.9 Å². The number of hydrogen-bond acceptors (Lipinski definition) is 9. The molecule has 0 radical (unpaired) electrons. The molecule has 2 rings (SSSR count). The van der Waals surface area contributed by atoms with Crippen LogP contribution in [0.5, 0.6) is 0 Å². The van der Waals surface area contributed by atoms with Gasteiger partial charge in [-0.2, -0.15) is 0 Å². The van der Waals surface area contributed by atoms with E-state index >= 15 is 0 Å². The first kappa shape index (κ1) is 24.3. The molecule has 0 saturated carbocycles. The van der Waals surface area contributed by atoms with Crippen LogP contribution >= 0.6 is 0 Å². The Balaban J connectivity index is 1.36. The molecule has 1 aliphatic rings. The second kappa shape index (κ2) is 14.9. The molecule has 11 heteroatoms. The second-order valence-corrected chi connectivity index (χ2v) is 8.50. The average molecular weight is 434 g/mol. The third-order valence-corrected chi connectivity index (χ3v) is 5.68. The fourth-order valence-corrected chi connectivity index (χ4v) is 3.55. The summed E-state index contributed by atoms with van der Waals surface area (Å²) in [4.78, 5) is 2.23. The molecule has 1 saturated heterocycles. The predicted octanol–water partition coefficient (Wildman–Crippen LogP) is -0.873. The topological polar surface area (TPSA) is 100.0 Å². The summed E-state index contributed by atoms with van der Waals surface area (Å²) in [6, 6.07) is 0. The number of likely N-dealkylation sites (N-methyl/N-ethyl adjacent to an activating group) is 1. The lowest BCUT2D eigenvalue weighted by molar-refractivity contribution is -0.00234. The number of hydrogen-bond donors (Lipinski definition) is 1. The molecule has 29 heavy (non-hydrogen) atoms. The molecule has 1 unspecified atom stereocenters. The van der Waals surface area contributed by atoms with Crippen LogP contribution < -0.4 is 5.32 Å². The summed E-state index contributed by atoms with van der Waals surface area (Å²) in [5.74, 6) is 0. The molecular weight excluding hydrogens is 398 g/mol. The maximum Gasteiger partial charge on any atom is 0.0967 e. The molecule has 0 bridgehead atoms. The molecule has 1 aromatic rings. The van der Waals surface area contributed by atoms with Crippen LogP contribution in [0.15, 0.2) is 6.20 Å². The van der Waals surface area contributed by atoms with Crippen molar-refractivity contribution in [3.63, 3.8) is 0 Å². The summed E-state index contributed by atoms with van der Waals surface area (Å²) in [5.41, 5.74) is 0.932. The van der Waals surface area contributed by atoms with E-state index in [4.69, 9.17) is 18.9 Å². The number of ether oxygens (including phenoxy) is 4. The van der Waals surface area contributed by atoms with E-state index < -0.39 is 10.8 Å². The zero-order valence-electron chi connectivity index (χ0n) is 17.6. The molecule has 1 fully saturated rings. The van der Waals surface area contributed by atoms with E-state index in [2.05, 4.69) is 20.5 Å². The maximum absolute atomic E-state index is 11.4. The van der Waals surface area contributed by atoms with Gasteiger partial charge in [-0.1, -0.05) is 5.21 Å². The minimum Gasteiger partial charge on any atom is -0.378 e. The van der Waals surface area contributed by atoms with Gasteiger partial charge < -0.3 is 24.3 Å². The van der Waals surface area contributed by atoms with Gasteiger partial charge in [0.2, 0.25) is 0 Å². The fourth-order valence-electron chi connectivity index (χ4n) is 2.70. The van der Waals surface area contributed by atoms with E-state index in [9.17, 15) is 4.21 Å². The third kappa shape index (κ3) is 10.6.